The van der Waals surface area contributed by atoms with Crippen LogP contribution in [0.2, 0.25) is 10.0 Å². The zero-order valence-corrected chi connectivity index (χ0v) is 12.3. The molecular weight excluding hydrogens is 301 g/mol. The molecule has 0 amide bonds. The summed E-state index contributed by atoms with van der Waals surface area (Å²) in [5, 5.41) is 5.58. The summed E-state index contributed by atoms with van der Waals surface area (Å²) in [6.07, 6.45) is 1.69. The van der Waals surface area contributed by atoms with Gasteiger partial charge in [0.05, 0.1) is 5.02 Å². The fourth-order valence-corrected chi connectivity index (χ4v) is 3.52. The molecule has 3 aromatic rings. The van der Waals surface area contributed by atoms with E-state index in [2.05, 4.69) is 4.98 Å². The van der Waals surface area contributed by atoms with E-state index in [1.165, 1.54) is 11.3 Å². The van der Waals surface area contributed by atoms with Crippen LogP contribution >= 0.6 is 34.5 Å². The smallest absolute Gasteiger partial charge is 0.196 e. The maximum absolute atomic E-state index is 12.5. The van der Waals surface area contributed by atoms with E-state index in [1.54, 1.807) is 18.3 Å². The van der Waals surface area contributed by atoms with Gasteiger partial charge in [-0.1, -0.05) is 23.2 Å². The number of aromatic amines is 1. The van der Waals surface area contributed by atoms with Crippen LogP contribution in [0.25, 0.3) is 10.9 Å². The Bertz CT molecular complexity index is 788. The van der Waals surface area contributed by atoms with E-state index in [0.29, 0.717) is 15.6 Å². The van der Waals surface area contributed by atoms with E-state index in [1.807, 2.05) is 17.7 Å². The first-order chi connectivity index (χ1) is 9.08. The van der Waals surface area contributed by atoms with Crippen molar-refractivity contribution in [2.24, 2.45) is 0 Å². The first kappa shape index (κ1) is 12.7. The topological polar surface area (TPSA) is 32.9 Å². The van der Waals surface area contributed by atoms with Gasteiger partial charge in [0.1, 0.15) is 0 Å². The molecule has 19 heavy (non-hydrogen) atoms. The molecule has 0 radical (unpaired) electrons. The highest BCUT2D eigenvalue weighted by Gasteiger charge is 2.18. The number of benzene rings is 1. The summed E-state index contributed by atoms with van der Waals surface area (Å²) in [5.41, 5.74) is 3.05. The highest BCUT2D eigenvalue weighted by Crippen LogP contribution is 2.32. The van der Waals surface area contributed by atoms with Crippen LogP contribution in [0.15, 0.2) is 29.1 Å². The number of nitrogens with one attached hydrogen (secondary N) is 1. The number of hydrogen-bond acceptors (Lipinski definition) is 2. The van der Waals surface area contributed by atoms with Gasteiger partial charge in [0, 0.05) is 38.6 Å². The quantitative estimate of drug-likeness (QED) is 0.658. The molecule has 1 N–H and O–H groups in total. The van der Waals surface area contributed by atoms with Crippen molar-refractivity contribution in [1.82, 2.24) is 4.98 Å². The van der Waals surface area contributed by atoms with Crippen molar-refractivity contribution in [2.45, 2.75) is 6.92 Å². The molecule has 0 aliphatic heterocycles. The lowest BCUT2D eigenvalue weighted by atomic mass is 10.0. The summed E-state index contributed by atoms with van der Waals surface area (Å²) in [7, 11) is 0. The second-order valence-corrected chi connectivity index (χ2v) is 5.90. The second-order valence-electron chi connectivity index (χ2n) is 4.31. The Morgan fingerprint density at radius 2 is 2.00 bits per heavy atom. The van der Waals surface area contributed by atoms with Crippen molar-refractivity contribution in [3.63, 3.8) is 0 Å². The minimum Gasteiger partial charge on any atom is -0.360 e. The molecule has 3 rings (SSSR count). The number of H-pyrrole nitrogens is 1. The van der Waals surface area contributed by atoms with E-state index in [0.717, 1.165) is 22.0 Å². The fourth-order valence-electron chi connectivity index (χ4n) is 2.10. The third kappa shape index (κ3) is 2.08. The molecule has 96 valence electrons. The zero-order chi connectivity index (χ0) is 13.6. The summed E-state index contributed by atoms with van der Waals surface area (Å²) in [6.45, 7) is 1.93. The minimum absolute atomic E-state index is 0.0192. The summed E-state index contributed by atoms with van der Waals surface area (Å²) in [5.74, 6) is -0.0192. The van der Waals surface area contributed by atoms with E-state index < -0.39 is 0 Å². The van der Waals surface area contributed by atoms with Gasteiger partial charge in [-0.15, -0.1) is 0 Å². The van der Waals surface area contributed by atoms with E-state index in [-0.39, 0.29) is 5.78 Å². The first-order valence-electron chi connectivity index (χ1n) is 5.61. The Kier molecular flexibility index (Phi) is 3.13. The standard InChI is InChI=1S/C14H9Cl2NOS/c1-7-5-19-6-10(7)14(18)9-4-17-12-3-8(15)2-11(16)13(9)12/h2-6,17H,1H3. The Morgan fingerprint density at radius 1 is 1.21 bits per heavy atom. The molecule has 0 spiro atoms. The van der Waals surface area contributed by atoms with Gasteiger partial charge in [0.15, 0.2) is 5.78 Å². The maximum Gasteiger partial charge on any atom is 0.196 e. The molecule has 1 aromatic carbocycles. The number of carbonyl (C=O) groups excluding carboxylic acids is 1. The molecule has 0 fully saturated rings. The molecule has 0 atom stereocenters. The second kappa shape index (κ2) is 4.67. The largest absolute Gasteiger partial charge is 0.360 e. The average molecular weight is 310 g/mol. The Balaban J connectivity index is 2.22. The van der Waals surface area contributed by atoms with Crippen LogP contribution in [-0.4, -0.2) is 10.8 Å². The molecule has 2 heterocycles. The fraction of sp³-hybridized carbons (Fsp3) is 0.0714. The molecule has 0 aliphatic carbocycles. The molecule has 0 bridgehead atoms. The van der Waals surface area contributed by atoms with Crippen molar-refractivity contribution in [2.75, 3.05) is 0 Å². The third-order valence-electron chi connectivity index (χ3n) is 3.04. The number of carbonyl (C=O) groups is 1. The predicted octanol–water partition coefficient (Wildman–Crippen LogP) is 5.08. The average Bonchev–Trinajstić information content (AvgIpc) is 2.94. The van der Waals surface area contributed by atoms with E-state index in [9.17, 15) is 4.79 Å². The molecule has 0 saturated carbocycles. The summed E-state index contributed by atoms with van der Waals surface area (Å²) < 4.78 is 0. The molecule has 2 aromatic heterocycles. The van der Waals surface area contributed by atoms with Crippen LogP contribution in [0.5, 0.6) is 0 Å². The van der Waals surface area contributed by atoms with Gasteiger partial charge in [-0.25, -0.2) is 0 Å². The van der Waals surface area contributed by atoms with Crippen molar-refractivity contribution in [3.8, 4) is 0 Å². The highest BCUT2D eigenvalue weighted by atomic mass is 35.5. The summed E-state index contributed by atoms with van der Waals surface area (Å²) in [6, 6.07) is 3.41. The molecule has 0 saturated heterocycles. The van der Waals surface area contributed by atoms with Gasteiger partial charge in [-0.2, -0.15) is 11.3 Å². The van der Waals surface area contributed by atoms with E-state index in [4.69, 9.17) is 23.2 Å². The molecular formula is C14H9Cl2NOS. The summed E-state index contributed by atoms with van der Waals surface area (Å²) in [4.78, 5) is 15.6. The predicted molar refractivity (Wildman–Crippen MR) is 80.8 cm³/mol. The van der Waals surface area contributed by atoms with Crippen LogP contribution in [0.1, 0.15) is 21.5 Å². The Hall–Kier alpha value is -1.29. The SMILES string of the molecule is Cc1cscc1C(=O)c1c[nH]c2cc(Cl)cc(Cl)c12. The van der Waals surface area contributed by atoms with Gasteiger partial charge in [0.25, 0.3) is 0 Å². The van der Waals surface area contributed by atoms with Crippen molar-refractivity contribution >= 4 is 51.2 Å². The van der Waals surface area contributed by atoms with Crippen molar-refractivity contribution < 1.29 is 4.79 Å². The monoisotopic (exact) mass is 309 g/mol. The lowest BCUT2D eigenvalue weighted by molar-refractivity contribution is 0.104. The van der Waals surface area contributed by atoms with Crippen molar-refractivity contribution in [1.29, 1.82) is 0 Å². The van der Waals surface area contributed by atoms with Crippen LogP contribution in [0.4, 0.5) is 0 Å². The van der Waals surface area contributed by atoms with Crippen LogP contribution < -0.4 is 0 Å². The van der Waals surface area contributed by atoms with Gasteiger partial charge in [0.2, 0.25) is 0 Å². The van der Waals surface area contributed by atoms with Crippen LogP contribution in [0.3, 0.4) is 0 Å². The first-order valence-corrected chi connectivity index (χ1v) is 7.31. The van der Waals surface area contributed by atoms with Gasteiger partial charge >= 0.3 is 0 Å². The van der Waals surface area contributed by atoms with Gasteiger partial charge < -0.3 is 4.98 Å². The highest BCUT2D eigenvalue weighted by molar-refractivity contribution is 7.08. The number of rotatable bonds is 2. The number of halogens is 2. The van der Waals surface area contributed by atoms with Crippen molar-refractivity contribution in [3.05, 3.63) is 55.8 Å². The number of hydrogen-bond donors (Lipinski definition) is 1. The lowest BCUT2D eigenvalue weighted by Gasteiger charge is -2.01. The third-order valence-corrected chi connectivity index (χ3v) is 4.42. The van der Waals surface area contributed by atoms with Crippen LogP contribution in [-0.2, 0) is 0 Å². The Labute approximate surface area is 124 Å². The van der Waals surface area contributed by atoms with Gasteiger partial charge in [-0.05, 0) is 30.0 Å². The zero-order valence-electron chi connectivity index (χ0n) is 9.96. The summed E-state index contributed by atoms with van der Waals surface area (Å²) >= 11 is 13.7. The molecule has 0 unspecified atom stereocenters. The lowest BCUT2D eigenvalue weighted by Crippen LogP contribution is -2.00. The number of ketones is 1. The van der Waals surface area contributed by atoms with Gasteiger partial charge in [-0.3, -0.25) is 4.79 Å². The normalized spacial score (nSPS) is 11.1. The minimum atomic E-state index is -0.0192. The molecule has 0 aliphatic rings. The number of aryl methyl sites for hydroxylation is 1. The Morgan fingerprint density at radius 3 is 2.68 bits per heavy atom. The van der Waals surface area contributed by atoms with E-state index >= 15 is 0 Å². The number of thiophene rings is 1. The number of fused-ring (bicyclic) bond motifs is 1. The maximum atomic E-state index is 12.5. The molecule has 5 heteroatoms. The van der Waals surface area contributed by atoms with Crippen LogP contribution in [0, 0.1) is 6.92 Å². The number of aromatic nitrogens is 1. The molecule has 2 nitrogen and oxygen atoms in total.